The molecular weight excluding hydrogens is 236 g/mol. The topological polar surface area (TPSA) is 61.4 Å². The number of aromatic nitrogens is 2. The van der Waals surface area contributed by atoms with E-state index in [0.29, 0.717) is 0 Å². The molecule has 0 saturated heterocycles. The number of hydrogen-bond donors (Lipinski definition) is 0. The van der Waals surface area contributed by atoms with Crippen LogP contribution in [0.2, 0.25) is 0 Å². The maximum absolute atomic E-state index is 10.9. The van der Waals surface area contributed by atoms with Crippen LogP contribution in [0, 0.1) is 0 Å². The summed E-state index contributed by atoms with van der Waals surface area (Å²) in [4.78, 5) is 21.8. The van der Waals surface area contributed by atoms with E-state index >= 15 is 0 Å². The van der Waals surface area contributed by atoms with Crippen LogP contribution in [0.3, 0.4) is 0 Å². The number of halogens is 1. The van der Waals surface area contributed by atoms with Crippen LogP contribution in [0.25, 0.3) is 0 Å². The summed E-state index contributed by atoms with van der Waals surface area (Å²) in [5.41, 5.74) is 0. The molecule has 16 heavy (non-hydrogen) atoms. The molecule has 1 heterocycles. The van der Waals surface area contributed by atoms with Gasteiger partial charge in [-0.3, -0.25) is 0 Å². The largest absolute Gasteiger partial charge is 1.00 e. The van der Waals surface area contributed by atoms with Crippen molar-refractivity contribution in [3.05, 3.63) is 18.7 Å². The van der Waals surface area contributed by atoms with Gasteiger partial charge in [-0.2, -0.15) is 0 Å². The maximum Gasteiger partial charge on any atom is 0.348 e. The second-order valence-corrected chi connectivity index (χ2v) is 2.91. The molecule has 1 rings (SSSR count). The molecule has 90 valence electrons. The molecule has 0 aliphatic carbocycles. The fourth-order valence-corrected chi connectivity index (χ4v) is 1.05. The number of carbonyl (C=O) groups excluding carboxylic acids is 2. The quantitative estimate of drug-likeness (QED) is 0.404. The van der Waals surface area contributed by atoms with Gasteiger partial charge in [0.15, 0.2) is 13.1 Å². The normalized spacial score (nSPS) is 9.12. The summed E-state index contributed by atoms with van der Waals surface area (Å²) in [6, 6.07) is 0. The van der Waals surface area contributed by atoms with Crippen molar-refractivity contribution < 1.29 is 36.0 Å². The molecule has 0 bridgehead atoms. The van der Waals surface area contributed by atoms with Gasteiger partial charge in [0.05, 0.1) is 14.2 Å². The Morgan fingerprint density at radius 2 is 1.88 bits per heavy atom. The van der Waals surface area contributed by atoms with Crippen molar-refractivity contribution in [1.82, 2.24) is 4.57 Å². The van der Waals surface area contributed by atoms with Gasteiger partial charge in [0.25, 0.3) is 0 Å². The van der Waals surface area contributed by atoms with Crippen molar-refractivity contribution in [2.75, 3.05) is 14.2 Å². The second kappa shape index (κ2) is 6.84. The van der Waals surface area contributed by atoms with Crippen molar-refractivity contribution >= 4 is 11.9 Å². The smallest absolute Gasteiger partial charge is 0.348 e. The zero-order chi connectivity index (χ0) is 11.3. The highest BCUT2D eigenvalue weighted by atomic mass is 35.5. The van der Waals surface area contributed by atoms with Crippen LogP contribution in [-0.2, 0) is 32.2 Å². The monoisotopic (exact) mass is 248 g/mol. The van der Waals surface area contributed by atoms with Gasteiger partial charge in [0.1, 0.15) is 12.4 Å². The van der Waals surface area contributed by atoms with E-state index in [2.05, 4.69) is 9.47 Å². The lowest BCUT2D eigenvalue weighted by atomic mass is 10.6. The van der Waals surface area contributed by atoms with Crippen LogP contribution < -0.4 is 17.0 Å². The molecule has 0 atom stereocenters. The SMILES string of the molecule is COC(=O)Cn1cc[n+](CC(=O)OC)c1.[Cl-]. The van der Waals surface area contributed by atoms with Crippen molar-refractivity contribution in [3.8, 4) is 0 Å². The van der Waals surface area contributed by atoms with E-state index in [9.17, 15) is 9.59 Å². The molecule has 6 nitrogen and oxygen atoms in total. The number of carbonyl (C=O) groups is 2. The van der Waals surface area contributed by atoms with Gasteiger partial charge in [-0.05, 0) is 0 Å². The van der Waals surface area contributed by atoms with Gasteiger partial charge >= 0.3 is 11.9 Å². The molecule has 1 aromatic rings. The first-order valence-electron chi connectivity index (χ1n) is 4.34. The van der Waals surface area contributed by atoms with Crippen molar-refractivity contribution in [3.63, 3.8) is 0 Å². The highest BCUT2D eigenvalue weighted by Crippen LogP contribution is 1.87. The number of esters is 2. The number of hydrogen-bond acceptors (Lipinski definition) is 4. The summed E-state index contributed by atoms with van der Waals surface area (Å²) >= 11 is 0. The first-order valence-corrected chi connectivity index (χ1v) is 4.34. The lowest BCUT2D eigenvalue weighted by Gasteiger charge is -1.95. The first kappa shape index (κ1) is 14.4. The average Bonchev–Trinajstić information content (AvgIpc) is 2.65. The standard InChI is InChI=1S/C9H13N2O4.ClH/c1-14-8(12)5-10-3-4-11(7-10)6-9(13)15-2;/h3-4,7H,5-6H2,1-2H3;1H/q+1;/p-1. The Balaban J connectivity index is 0.00000225. The van der Waals surface area contributed by atoms with Gasteiger partial charge in [0, 0.05) is 0 Å². The fraction of sp³-hybridized carbons (Fsp3) is 0.444. The van der Waals surface area contributed by atoms with Crippen LogP contribution in [0.15, 0.2) is 18.7 Å². The van der Waals surface area contributed by atoms with Crippen LogP contribution in [0.4, 0.5) is 0 Å². The Morgan fingerprint density at radius 1 is 1.25 bits per heavy atom. The average molecular weight is 249 g/mol. The lowest BCUT2D eigenvalue weighted by molar-refractivity contribution is -0.685. The number of nitrogens with zero attached hydrogens (tertiary/aromatic N) is 2. The van der Waals surface area contributed by atoms with Crippen LogP contribution in [0.5, 0.6) is 0 Å². The fourth-order valence-electron chi connectivity index (χ4n) is 1.05. The minimum atomic E-state index is -0.337. The van der Waals surface area contributed by atoms with E-state index in [1.54, 1.807) is 27.9 Å². The molecule has 0 radical (unpaired) electrons. The summed E-state index contributed by atoms with van der Waals surface area (Å²) in [5.74, 6) is -0.674. The van der Waals surface area contributed by atoms with Crippen molar-refractivity contribution in [2.24, 2.45) is 0 Å². The predicted octanol–water partition coefficient (Wildman–Crippen LogP) is -3.87. The predicted molar refractivity (Wildman–Crippen MR) is 48.7 cm³/mol. The van der Waals surface area contributed by atoms with Crippen LogP contribution >= 0.6 is 0 Å². The Morgan fingerprint density at radius 3 is 2.44 bits per heavy atom. The molecule has 0 fully saturated rings. The van der Waals surface area contributed by atoms with Crippen molar-refractivity contribution in [1.29, 1.82) is 0 Å². The van der Waals surface area contributed by atoms with Gasteiger partial charge < -0.3 is 21.9 Å². The molecule has 0 aromatic carbocycles. The van der Waals surface area contributed by atoms with Crippen LogP contribution in [-0.4, -0.2) is 30.7 Å². The Hall–Kier alpha value is -1.56. The summed E-state index contributed by atoms with van der Waals surface area (Å²) in [6.45, 7) is 0.259. The summed E-state index contributed by atoms with van der Waals surface area (Å²) in [5, 5.41) is 0. The molecule has 0 aliphatic heterocycles. The van der Waals surface area contributed by atoms with Gasteiger partial charge in [0.2, 0.25) is 6.33 Å². The zero-order valence-electron chi connectivity index (χ0n) is 9.05. The van der Waals surface area contributed by atoms with E-state index in [0.717, 1.165) is 0 Å². The number of imidazole rings is 1. The molecule has 0 aliphatic rings. The minimum Gasteiger partial charge on any atom is -1.00 e. The molecule has 1 aromatic heterocycles. The van der Waals surface area contributed by atoms with Crippen molar-refractivity contribution in [2.45, 2.75) is 13.1 Å². The van der Waals surface area contributed by atoms with E-state index in [1.807, 2.05) is 0 Å². The van der Waals surface area contributed by atoms with Gasteiger partial charge in [-0.1, -0.05) is 0 Å². The van der Waals surface area contributed by atoms with E-state index in [1.165, 1.54) is 14.2 Å². The minimum absolute atomic E-state index is 0. The molecule has 7 heteroatoms. The molecular formula is C9H13ClN2O4. The third-order valence-corrected chi connectivity index (χ3v) is 1.82. The Kier molecular flexibility index (Phi) is 6.17. The number of methoxy groups -OCH3 is 2. The summed E-state index contributed by atoms with van der Waals surface area (Å²) in [6.07, 6.45) is 4.99. The van der Waals surface area contributed by atoms with Gasteiger partial charge in [-0.25, -0.2) is 18.7 Å². The van der Waals surface area contributed by atoms with E-state index in [-0.39, 0.29) is 37.4 Å². The summed E-state index contributed by atoms with van der Waals surface area (Å²) in [7, 11) is 2.66. The van der Waals surface area contributed by atoms with Gasteiger partial charge in [-0.15, -0.1) is 0 Å². The van der Waals surface area contributed by atoms with E-state index in [4.69, 9.17) is 0 Å². The zero-order valence-corrected chi connectivity index (χ0v) is 9.81. The molecule has 0 saturated carbocycles. The third-order valence-electron chi connectivity index (χ3n) is 1.82. The number of ether oxygens (including phenoxy) is 2. The number of rotatable bonds is 4. The Bertz CT molecular complexity index is 332. The molecule has 0 unspecified atom stereocenters. The molecule has 0 N–H and O–H groups in total. The molecule has 0 amide bonds. The highest BCUT2D eigenvalue weighted by molar-refractivity contribution is 5.69. The summed E-state index contributed by atoms with van der Waals surface area (Å²) < 4.78 is 12.2. The van der Waals surface area contributed by atoms with Crippen LogP contribution in [0.1, 0.15) is 0 Å². The third kappa shape index (κ3) is 4.31. The Labute approximate surface area is 99.2 Å². The highest BCUT2D eigenvalue weighted by Gasteiger charge is 2.11. The van der Waals surface area contributed by atoms with E-state index < -0.39 is 0 Å². The first-order chi connectivity index (χ1) is 7.15. The molecule has 0 spiro atoms. The lowest BCUT2D eigenvalue weighted by Crippen LogP contribution is -3.00. The maximum atomic E-state index is 10.9. The second-order valence-electron chi connectivity index (χ2n) is 2.91.